The Morgan fingerprint density at radius 2 is 1.89 bits per heavy atom. The maximum Gasteiger partial charge on any atom is 0.258 e. The standard InChI is InChI=1S/C26H30ClN7O.C2H6/c1-16-15-34(32-17(16)2)24-6-5-18(14-28-24)11-23-29-21-13-22(20(27)12-19(21)25(35)30-23)31-26(3)7-9-33(4)10-8-26;1-2/h5-6,12-15,31H,7-11H2,1-4H3,(H,29,30,35);1-2H3. The fourth-order valence-electron chi connectivity index (χ4n) is 4.46. The first-order valence-corrected chi connectivity index (χ1v) is 13.2. The van der Waals surface area contributed by atoms with Gasteiger partial charge in [-0.15, -0.1) is 0 Å². The highest BCUT2D eigenvalue weighted by atomic mass is 35.5. The van der Waals surface area contributed by atoms with Crippen molar-refractivity contribution in [2.24, 2.45) is 0 Å². The highest BCUT2D eigenvalue weighted by molar-refractivity contribution is 6.34. The number of benzene rings is 1. The van der Waals surface area contributed by atoms with Crippen LogP contribution in [0.2, 0.25) is 5.02 Å². The third-order valence-corrected chi connectivity index (χ3v) is 7.24. The van der Waals surface area contributed by atoms with Crippen LogP contribution in [0.1, 0.15) is 56.3 Å². The summed E-state index contributed by atoms with van der Waals surface area (Å²) in [6, 6.07) is 7.50. The maximum absolute atomic E-state index is 12.8. The van der Waals surface area contributed by atoms with E-state index in [1.54, 1.807) is 16.9 Å². The van der Waals surface area contributed by atoms with E-state index in [2.05, 4.69) is 39.3 Å². The normalized spacial score (nSPS) is 15.3. The molecule has 9 heteroatoms. The van der Waals surface area contributed by atoms with Gasteiger partial charge < -0.3 is 15.2 Å². The topological polar surface area (TPSA) is 91.7 Å². The Morgan fingerprint density at radius 3 is 2.51 bits per heavy atom. The molecule has 196 valence electrons. The van der Waals surface area contributed by atoms with Crippen LogP contribution in [0.3, 0.4) is 0 Å². The molecule has 0 saturated carbocycles. The predicted octanol–water partition coefficient (Wildman–Crippen LogP) is 5.29. The monoisotopic (exact) mass is 521 g/mol. The molecule has 0 bridgehead atoms. The number of hydrogen-bond donors (Lipinski definition) is 2. The summed E-state index contributed by atoms with van der Waals surface area (Å²) in [6.45, 7) is 12.3. The summed E-state index contributed by atoms with van der Waals surface area (Å²) in [5.74, 6) is 1.33. The van der Waals surface area contributed by atoms with E-state index in [9.17, 15) is 4.79 Å². The van der Waals surface area contributed by atoms with Crippen LogP contribution >= 0.6 is 11.6 Å². The van der Waals surface area contributed by atoms with Gasteiger partial charge in [0.05, 0.1) is 27.3 Å². The summed E-state index contributed by atoms with van der Waals surface area (Å²) < 4.78 is 1.77. The van der Waals surface area contributed by atoms with Crippen LogP contribution in [-0.2, 0) is 6.42 Å². The lowest BCUT2D eigenvalue weighted by molar-refractivity contribution is 0.216. The molecule has 5 rings (SSSR count). The number of nitrogens with one attached hydrogen (secondary N) is 2. The van der Waals surface area contributed by atoms with E-state index in [1.807, 2.05) is 52.1 Å². The molecule has 0 unspecified atom stereocenters. The zero-order chi connectivity index (χ0) is 26.7. The number of fused-ring (bicyclic) bond motifs is 1. The van der Waals surface area contributed by atoms with E-state index in [4.69, 9.17) is 16.6 Å². The molecule has 4 aromatic rings. The second kappa shape index (κ2) is 11.0. The Morgan fingerprint density at radius 1 is 1.16 bits per heavy atom. The van der Waals surface area contributed by atoms with Gasteiger partial charge in [-0.25, -0.2) is 14.6 Å². The molecule has 0 amide bonds. The largest absolute Gasteiger partial charge is 0.379 e. The summed E-state index contributed by atoms with van der Waals surface area (Å²) in [4.78, 5) is 27.3. The number of aromatic amines is 1. The minimum atomic E-state index is -0.198. The first kappa shape index (κ1) is 26.8. The Hall–Kier alpha value is -3.23. The van der Waals surface area contributed by atoms with E-state index in [-0.39, 0.29) is 11.1 Å². The minimum absolute atomic E-state index is 0.0487. The molecule has 1 aliphatic rings. The quantitative estimate of drug-likeness (QED) is 0.371. The second-order valence-corrected chi connectivity index (χ2v) is 10.3. The third kappa shape index (κ3) is 6.02. The van der Waals surface area contributed by atoms with E-state index in [0.29, 0.717) is 28.2 Å². The van der Waals surface area contributed by atoms with Crippen molar-refractivity contribution in [2.45, 2.75) is 59.4 Å². The molecule has 0 radical (unpaired) electrons. The molecule has 1 saturated heterocycles. The number of pyridine rings is 1. The molecule has 4 heterocycles. The number of anilines is 1. The van der Waals surface area contributed by atoms with Gasteiger partial charge in [-0.1, -0.05) is 31.5 Å². The number of nitrogens with zero attached hydrogens (tertiary/aromatic N) is 5. The maximum atomic E-state index is 12.8. The van der Waals surface area contributed by atoms with Crippen LogP contribution in [0.15, 0.2) is 41.5 Å². The lowest BCUT2D eigenvalue weighted by Crippen LogP contribution is -2.45. The minimum Gasteiger partial charge on any atom is -0.379 e. The van der Waals surface area contributed by atoms with Crippen molar-refractivity contribution in [3.8, 4) is 5.82 Å². The summed E-state index contributed by atoms with van der Waals surface area (Å²) in [5.41, 5.74) is 4.23. The van der Waals surface area contributed by atoms with Crippen molar-refractivity contribution in [3.05, 3.63) is 74.7 Å². The average Bonchev–Trinajstić information content (AvgIpc) is 3.22. The molecule has 0 aliphatic carbocycles. The van der Waals surface area contributed by atoms with E-state index >= 15 is 0 Å². The molecule has 37 heavy (non-hydrogen) atoms. The molecule has 1 fully saturated rings. The van der Waals surface area contributed by atoms with E-state index in [1.165, 1.54) is 0 Å². The van der Waals surface area contributed by atoms with Crippen molar-refractivity contribution in [1.29, 1.82) is 0 Å². The fraction of sp³-hybridized carbons (Fsp3) is 0.429. The van der Waals surface area contributed by atoms with E-state index < -0.39 is 0 Å². The first-order chi connectivity index (χ1) is 17.7. The van der Waals surface area contributed by atoms with E-state index in [0.717, 1.165) is 54.3 Å². The van der Waals surface area contributed by atoms with Crippen molar-refractivity contribution < 1.29 is 0 Å². The van der Waals surface area contributed by atoms with Gasteiger partial charge in [0.15, 0.2) is 5.82 Å². The van der Waals surface area contributed by atoms with Crippen LogP contribution in [0.25, 0.3) is 16.7 Å². The molecule has 1 aliphatic heterocycles. The molecule has 8 nitrogen and oxygen atoms in total. The molecule has 0 spiro atoms. The molecule has 2 N–H and O–H groups in total. The van der Waals surface area contributed by atoms with Gasteiger partial charge in [0.25, 0.3) is 5.56 Å². The Balaban J connectivity index is 0.00000156. The summed E-state index contributed by atoms with van der Waals surface area (Å²) in [7, 11) is 2.14. The summed E-state index contributed by atoms with van der Waals surface area (Å²) in [6.07, 6.45) is 6.26. The number of piperidine rings is 1. The number of likely N-dealkylation sites (tertiary alicyclic amines) is 1. The van der Waals surface area contributed by atoms with Crippen molar-refractivity contribution >= 4 is 28.2 Å². The van der Waals surface area contributed by atoms with Gasteiger partial charge in [-0.05, 0) is 70.0 Å². The van der Waals surface area contributed by atoms with Crippen LogP contribution in [-0.4, -0.2) is 55.3 Å². The van der Waals surface area contributed by atoms with Crippen molar-refractivity contribution in [3.63, 3.8) is 0 Å². The number of halogens is 1. The van der Waals surface area contributed by atoms with Crippen LogP contribution in [0.5, 0.6) is 0 Å². The van der Waals surface area contributed by atoms with Gasteiger partial charge in [-0.3, -0.25) is 4.79 Å². The summed E-state index contributed by atoms with van der Waals surface area (Å²) in [5, 5.41) is 9.12. The molecular formula is C28H36ClN7O. The average molecular weight is 522 g/mol. The number of H-pyrrole nitrogens is 1. The Labute approximate surface area is 223 Å². The van der Waals surface area contributed by atoms with Gasteiger partial charge in [-0.2, -0.15) is 5.10 Å². The zero-order valence-corrected chi connectivity index (χ0v) is 23.3. The van der Waals surface area contributed by atoms with Gasteiger partial charge >= 0.3 is 0 Å². The summed E-state index contributed by atoms with van der Waals surface area (Å²) >= 11 is 6.56. The predicted molar refractivity (Wildman–Crippen MR) is 151 cm³/mol. The molecule has 0 atom stereocenters. The number of hydrogen-bond acceptors (Lipinski definition) is 6. The fourth-order valence-corrected chi connectivity index (χ4v) is 4.67. The van der Waals surface area contributed by atoms with Crippen LogP contribution in [0.4, 0.5) is 5.69 Å². The molecule has 3 aromatic heterocycles. The highest BCUT2D eigenvalue weighted by Crippen LogP contribution is 2.32. The molecule has 1 aromatic carbocycles. The van der Waals surface area contributed by atoms with Crippen molar-refractivity contribution in [2.75, 3.05) is 25.5 Å². The second-order valence-electron chi connectivity index (χ2n) is 9.89. The Kier molecular flexibility index (Phi) is 7.99. The Bertz CT molecular complexity index is 1410. The lowest BCUT2D eigenvalue weighted by Gasteiger charge is -2.39. The third-order valence-electron chi connectivity index (χ3n) is 6.93. The lowest BCUT2D eigenvalue weighted by atomic mass is 9.89. The smallest absolute Gasteiger partial charge is 0.258 e. The number of aromatic nitrogens is 5. The van der Waals surface area contributed by atoms with Gasteiger partial charge in [0, 0.05) is 37.4 Å². The zero-order valence-electron chi connectivity index (χ0n) is 22.5. The van der Waals surface area contributed by atoms with Gasteiger partial charge in [0.1, 0.15) is 5.82 Å². The number of aryl methyl sites for hydroxylation is 2. The highest BCUT2D eigenvalue weighted by Gasteiger charge is 2.29. The van der Waals surface area contributed by atoms with Gasteiger partial charge in [0.2, 0.25) is 0 Å². The van der Waals surface area contributed by atoms with Crippen LogP contribution < -0.4 is 10.9 Å². The SMILES string of the molecule is CC.Cc1cn(-c2ccc(Cc3nc4cc(NC5(C)CCN(C)CC5)c(Cl)cc4c(=O)[nH]3)cn2)nc1C. The van der Waals surface area contributed by atoms with Crippen molar-refractivity contribution in [1.82, 2.24) is 29.6 Å². The van der Waals surface area contributed by atoms with Crippen LogP contribution in [0, 0.1) is 13.8 Å². The molecular weight excluding hydrogens is 486 g/mol. The first-order valence-electron chi connectivity index (χ1n) is 12.9. The number of rotatable bonds is 5.